The van der Waals surface area contributed by atoms with Gasteiger partial charge in [0.25, 0.3) is 0 Å². The van der Waals surface area contributed by atoms with Crippen molar-refractivity contribution in [3.63, 3.8) is 0 Å². The molecule has 3 rings (SSSR count). The molecule has 12 N–H and O–H groups in total. The van der Waals surface area contributed by atoms with Gasteiger partial charge in [-0.2, -0.15) is 4.91 Å². The molecule has 0 bridgehead atoms. The van der Waals surface area contributed by atoms with Crippen molar-refractivity contribution in [3.8, 4) is 0 Å². The largest absolute Gasteiger partial charge is 0.488 e. The van der Waals surface area contributed by atoms with Crippen LogP contribution in [0.5, 0.6) is 0 Å². The van der Waals surface area contributed by atoms with Crippen molar-refractivity contribution in [1.82, 2.24) is 36.4 Å². The first-order valence-electron chi connectivity index (χ1n) is 19.3. The van der Waals surface area contributed by atoms with Gasteiger partial charge < -0.3 is 72.0 Å². The van der Waals surface area contributed by atoms with Gasteiger partial charge in [-0.3, -0.25) is 33.6 Å². The topological polar surface area (TPSA) is 357 Å². The summed E-state index contributed by atoms with van der Waals surface area (Å²) in [7, 11) is -0.732. The number of nitrogens with zero attached hydrogens (tertiary/aromatic N) is 3. The number of hydrogen-bond donors (Lipinski definition) is 12. The van der Waals surface area contributed by atoms with Crippen LogP contribution >= 0.6 is 0 Å². The fraction of sp³-hybridized carbons (Fsp3) is 0.639. The van der Waals surface area contributed by atoms with Crippen molar-refractivity contribution in [2.45, 2.75) is 133 Å². The van der Waals surface area contributed by atoms with Crippen molar-refractivity contribution in [1.29, 1.82) is 0 Å². The van der Waals surface area contributed by atoms with E-state index in [0.717, 1.165) is 30.7 Å². The zero-order valence-electron chi connectivity index (χ0n) is 34.0. The van der Waals surface area contributed by atoms with Crippen LogP contribution < -0.4 is 32.0 Å². The number of aliphatic hydroxyl groups excluding tert-OH is 5. The molecular formula is C36H55BN8O15. The molecule has 1 aromatic carbocycles. The number of carbonyl (C=O) groups excluding carboxylic acids is 7. The predicted molar refractivity (Wildman–Crippen MR) is 209 cm³/mol. The maximum atomic E-state index is 14.1. The fourth-order valence-corrected chi connectivity index (χ4v) is 6.69. The summed E-state index contributed by atoms with van der Waals surface area (Å²) in [6, 6.07) is -8.28. The summed E-state index contributed by atoms with van der Waals surface area (Å²) in [6.45, 7) is 5.82. The average molecular weight is 851 g/mol. The highest BCUT2D eigenvalue weighted by molar-refractivity contribution is 6.58. The van der Waals surface area contributed by atoms with Crippen LogP contribution in [0.3, 0.4) is 0 Å². The third-order valence-corrected chi connectivity index (χ3v) is 10.6. The van der Waals surface area contributed by atoms with E-state index in [1.54, 1.807) is 0 Å². The molecule has 0 unspecified atom stereocenters. The lowest BCUT2D eigenvalue weighted by Gasteiger charge is -2.34. The molecule has 24 heteroatoms. The SMILES string of the molecule is CCC(=O)N[C@H]1C[C@@H](N=O)[C@@H](C)NC(=O)[C@H](C)N(C)C(=O)[C@H]([C@@H](C)O)NC(=O)[C@H]([C@H](O)[C@@H](O)c2ccc(B(O)O)cc2)NC(=O)[C@@H]2C[C@@H](O)CN2C(=O)[C@H]([C@@H](C)O)NC1=O. The average Bonchev–Trinajstić information content (AvgIpc) is 3.61. The van der Waals surface area contributed by atoms with Crippen LogP contribution in [0.2, 0.25) is 0 Å². The Hall–Kier alpha value is -5.11. The maximum absolute atomic E-state index is 14.1. The molecule has 2 fully saturated rings. The highest BCUT2D eigenvalue weighted by Gasteiger charge is 2.46. The lowest BCUT2D eigenvalue weighted by atomic mass is 9.79. The third kappa shape index (κ3) is 12.0. The Morgan fingerprint density at radius 2 is 1.38 bits per heavy atom. The van der Waals surface area contributed by atoms with Gasteiger partial charge >= 0.3 is 7.12 Å². The number of carbonyl (C=O) groups is 7. The molecule has 332 valence electrons. The van der Waals surface area contributed by atoms with Gasteiger partial charge in [0.15, 0.2) is 0 Å². The van der Waals surface area contributed by atoms with Gasteiger partial charge in [-0.25, -0.2) is 0 Å². The quantitative estimate of drug-likeness (QED) is 0.0812. The number of likely N-dealkylation sites (N-methyl/N-ethyl adjacent to an activating group) is 1. The van der Waals surface area contributed by atoms with Crippen molar-refractivity contribution in [2.24, 2.45) is 5.18 Å². The monoisotopic (exact) mass is 850 g/mol. The fourth-order valence-electron chi connectivity index (χ4n) is 6.69. The number of nitroso groups, excluding NO2 is 1. The Kier molecular flexibility index (Phi) is 17.6. The Morgan fingerprint density at radius 3 is 1.92 bits per heavy atom. The second kappa shape index (κ2) is 21.4. The standard InChI is InChI=1S/C36H55BN8O15/c1-7-25(49)39-23-13-22(43-60)15(2)38-31(52)16(3)44(6)35(56)26(17(4)46)41-34(55)28(30(51)29(50)19-8-10-20(11-9-19)37(58)59)42-33(54)24-12-21(48)14-45(24)36(57)27(18(5)47)40-32(23)53/h8-11,15-18,21-24,26-30,46-48,50-51,58-59H,7,12-14H2,1-6H3,(H,38,52)(H,39,49)(H,40,53)(H,41,55)(H,42,54)/t15-,16+,17-,18-,21-,22-,23+,24+,26+,27+,28+,29+,30+/m1/s1. The van der Waals surface area contributed by atoms with Gasteiger partial charge in [0, 0.05) is 32.9 Å². The number of fused-ring (bicyclic) bond motifs is 1. The number of rotatable bonds is 9. The first-order valence-corrected chi connectivity index (χ1v) is 19.3. The first-order chi connectivity index (χ1) is 28.0. The minimum absolute atomic E-state index is 0.00196. The predicted octanol–water partition coefficient (Wildman–Crippen LogP) is -6.28. The molecular weight excluding hydrogens is 795 g/mol. The maximum Gasteiger partial charge on any atom is 0.488 e. The van der Waals surface area contributed by atoms with E-state index in [0.29, 0.717) is 0 Å². The number of hydrogen-bond acceptors (Lipinski definition) is 16. The number of amides is 7. The normalized spacial score (nSPS) is 30.0. The second-order valence-corrected chi connectivity index (χ2v) is 15.1. The molecule has 0 radical (unpaired) electrons. The molecule has 0 saturated carbocycles. The molecule has 2 heterocycles. The van der Waals surface area contributed by atoms with Crippen LogP contribution in [0.15, 0.2) is 29.4 Å². The Balaban J connectivity index is 2.18. The molecule has 2 aliphatic heterocycles. The van der Waals surface area contributed by atoms with Gasteiger partial charge in [0.05, 0.1) is 24.4 Å². The summed E-state index contributed by atoms with van der Waals surface area (Å²) in [6.07, 6.45) is -10.1. The summed E-state index contributed by atoms with van der Waals surface area (Å²) in [4.78, 5) is 109. The van der Waals surface area contributed by atoms with E-state index in [1.807, 2.05) is 0 Å². The molecule has 60 heavy (non-hydrogen) atoms. The molecule has 13 atom stereocenters. The molecule has 2 aliphatic rings. The van der Waals surface area contributed by atoms with E-state index in [-0.39, 0.29) is 17.4 Å². The molecule has 0 aliphatic carbocycles. The van der Waals surface area contributed by atoms with Crippen molar-refractivity contribution in [3.05, 3.63) is 34.7 Å². The Bertz CT molecular complexity index is 1740. The van der Waals surface area contributed by atoms with Crippen LogP contribution in [0.1, 0.15) is 65.5 Å². The molecule has 2 saturated heterocycles. The molecule has 7 amide bonds. The molecule has 0 spiro atoms. The van der Waals surface area contributed by atoms with Crippen LogP contribution in [0.25, 0.3) is 0 Å². The van der Waals surface area contributed by atoms with Gasteiger partial charge in [-0.15, -0.1) is 0 Å². The Labute approximate surface area is 345 Å². The van der Waals surface area contributed by atoms with E-state index in [9.17, 15) is 74.0 Å². The van der Waals surface area contributed by atoms with Crippen LogP contribution in [0, 0.1) is 4.91 Å². The van der Waals surface area contributed by atoms with Crippen LogP contribution in [-0.2, 0) is 33.6 Å². The second-order valence-electron chi connectivity index (χ2n) is 15.1. The lowest BCUT2D eigenvalue weighted by molar-refractivity contribution is -0.147. The van der Waals surface area contributed by atoms with Gasteiger partial charge in [-0.05, 0) is 38.7 Å². The number of benzene rings is 1. The zero-order chi connectivity index (χ0) is 45.3. The highest BCUT2D eigenvalue weighted by atomic mass is 16.4. The minimum Gasteiger partial charge on any atom is -0.423 e. The van der Waals surface area contributed by atoms with Crippen LogP contribution in [0.4, 0.5) is 0 Å². The summed E-state index contributed by atoms with van der Waals surface area (Å²) < 4.78 is 0. The first kappa shape index (κ1) is 49.3. The van der Waals surface area contributed by atoms with Crippen molar-refractivity contribution in [2.75, 3.05) is 13.6 Å². The van der Waals surface area contributed by atoms with E-state index in [2.05, 4.69) is 31.8 Å². The number of aliphatic hydroxyl groups is 5. The summed E-state index contributed by atoms with van der Waals surface area (Å²) >= 11 is 0. The van der Waals surface area contributed by atoms with E-state index >= 15 is 0 Å². The van der Waals surface area contributed by atoms with Gasteiger partial charge in [-0.1, -0.05) is 36.4 Å². The number of nitrogens with one attached hydrogen (secondary N) is 5. The molecule has 1 aromatic rings. The Morgan fingerprint density at radius 1 is 0.833 bits per heavy atom. The lowest BCUT2D eigenvalue weighted by Crippen LogP contribution is -2.64. The zero-order valence-corrected chi connectivity index (χ0v) is 34.0. The smallest absolute Gasteiger partial charge is 0.423 e. The van der Waals surface area contributed by atoms with Crippen molar-refractivity contribution < 1.29 is 69.1 Å². The summed E-state index contributed by atoms with van der Waals surface area (Å²) in [5, 5.41) is 88.5. The van der Waals surface area contributed by atoms with Crippen molar-refractivity contribution >= 4 is 53.9 Å². The van der Waals surface area contributed by atoms with Gasteiger partial charge in [0.2, 0.25) is 41.4 Å². The summed E-state index contributed by atoms with van der Waals surface area (Å²) in [5.41, 5.74) is -0.0839. The van der Waals surface area contributed by atoms with E-state index < -0.39 is 147 Å². The minimum atomic E-state index is -2.26. The van der Waals surface area contributed by atoms with E-state index in [1.165, 1.54) is 45.0 Å². The van der Waals surface area contributed by atoms with E-state index in [4.69, 9.17) is 0 Å². The highest BCUT2D eigenvalue weighted by Crippen LogP contribution is 2.23. The summed E-state index contributed by atoms with van der Waals surface area (Å²) in [5.74, 6) is -7.32. The molecule has 23 nitrogen and oxygen atoms in total. The van der Waals surface area contributed by atoms with Gasteiger partial charge in [0.1, 0.15) is 54.5 Å². The van der Waals surface area contributed by atoms with Crippen LogP contribution in [-0.4, -0.2) is 180 Å². The molecule has 0 aromatic heterocycles. The third-order valence-electron chi connectivity index (χ3n) is 10.6.